The zero-order chi connectivity index (χ0) is 34.8. The summed E-state index contributed by atoms with van der Waals surface area (Å²) in [7, 11) is 0. The largest absolute Gasteiger partial charge is 0.396 e. The normalized spacial score (nSPS) is 26.9. The van der Waals surface area contributed by atoms with Gasteiger partial charge in [-0.15, -0.1) is 13.2 Å². The predicted octanol–water partition coefficient (Wildman–Crippen LogP) is 6.14. The van der Waals surface area contributed by atoms with Gasteiger partial charge in [0.25, 0.3) is 5.91 Å². The summed E-state index contributed by atoms with van der Waals surface area (Å²) in [5, 5.41) is 11.4. The highest BCUT2D eigenvalue weighted by atomic mass is 16.5. The highest BCUT2D eigenvalue weighted by Gasteiger charge is 2.80. The summed E-state index contributed by atoms with van der Waals surface area (Å²) in [4.78, 5) is 49.9. The number of likely N-dealkylation sites (tertiary alicyclic amines) is 1. The van der Waals surface area contributed by atoms with Crippen molar-refractivity contribution in [3.8, 4) is 0 Å². The molecule has 258 valence electrons. The summed E-state index contributed by atoms with van der Waals surface area (Å²) in [6.07, 6.45) is 6.93. The molecule has 3 saturated heterocycles. The van der Waals surface area contributed by atoms with Crippen molar-refractivity contribution in [1.82, 2.24) is 9.80 Å². The number of nitrogens with zero attached hydrogens (tertiary/aromatic N) is 3. The molecule has 1 N–H and O–H groups in total. The molecule has 3 amide bonds. The van der Waals surface area contributed by atoms with E-state index in [0.717, 1.165) is 34.9 Å². The van der Waals surface area contributed by atoms with Crippen LogP contribution in [0.3, 0.4) is 0 Å². The third-order valence-corrected chi connectivity index (χ3v) is 11.1. The zero-order valence-electron chi connectivity index (χ0n) is 28.8. The van der Waals surface area contributed by atoms with Gasteiger partial charge in [-0.25, -0.2) is 0 Å². The van der Waals surface area contributed by atoms with Crippen LogP contribution in [-0.2, 0) is 25.7 Å². The zero-order valence-corrected chi connectivity index (χ0v) is 28.8. The van der Waals surface area contributed by atoms with Gasteiger partial charge in [0.05, 0.1) is 17.4 Å². The number of ether oxygens (including phenoxy) is 1. The fourth-order valence-electron chi connectivity index (χ4n) is 8.71. The monoisotopic (exact) mass is 663 g/mol. The first-order valence-electron chi connectivity index (χ1n) is 17.7. The van der Waals surface area contributed by atoms with E-state index in [1.54, 1.807) is 26.9 Å². The van der Waals surface area contributed by atoms with E-state index in [1.165, 1.54) is 0 Å². The average molecular weight is 664 g/mol. The first-order chi connectivity index (χ1) is 23.7. The second-order valence-corrected chi connectivity index (χ2v) is 14.1. The van der Waals surface area contributed by atoms with Gasteiger partial charge in [0.2, 0.25) is 11.8 Å². The van der Waals surface area contributed by atoms with Crippen LogP contribution < -0.4 is 4.90 Å². The summed E-state index contributed by atoms with van der Waals surface area (Å²) >= 11 is 0. The first kappa shape index (κ1) is 34.6. The average Bonchev–Trinajstić information content (AvgIpc) is 3.62. The third kappa shape index (κ3) is 6.10. The molecule has 3 unspecified atom stereocenters. The molecule has 8 heteroatoms. The van der Waals surface area contributed by atoms with Gasteiger partial charge in [-0.1, -0.05) is 92.6 Å². The summed E-state index contributed by atoms with van der Waals surface area (Å²) < 4.78 is 7.07. The number of aliphatic hydroxyl groups excluding tert-OH is 1. The van der Waals surface area contributed by atoms with Gasteiger partial charge in [0, 0.05) is 38.5 Å². The number of fused-ring (bicyclic) bond motifs is 2. The van der Waals surface area contributed by atoms with Crippen LogP contribution in [0.15, 0.2) is 98.1 Å². The Morgan fingerprint density at radius 3 is 2.35 bits per heavy atom. The molecule has 1 spiro atoms. The van der Waals surface area contributed by atoms with Gasteiger partial charge in [-0.05, 0) is 60.6 Å². The van der Waals surface area contributed by atoms with Gasteiger partial charge < -0.3 is 24.5 Å². The Bertz CT molecular complexity index is 1710. The van der Waals surface area contributed by atoms with E-state index in [2.05, 4.69) is 20.1 Å². The molecular formula is C41H49N3O5. The highest BCUT2D eigenvalue weighted by molar-refractivity contribution is 6.06. The minimum Gasteiger partial charge on any atom is -0.396 e. The van der Waals surface area contributed by atoms with Crippen molar-refractivity contribution in [2.75, 3.05) is 31.1 Å². The van der Waals surface area contributed by atoms with E-state index >= 15 is 4.79 Å². The van der Waals surface area contributed by atoms with Gasteiger partial charge in [0.1, 0.15) is 11.6 Å². The van der Waals surface area contributed by atoms with E-state index in [4.69, 9.17) is 4.74 Å². The van der Waals surface area contributed by atoms with Crippen LogP contribution >= 0.6 is 0 Å². The Morgan fingerprint density at radius 2 is 1.63 bits per heavy atom. The number of anilines is 1. The third-order valence-electron chi connectivity index (χ3n) is 11.1. The van der Waals surface area contributed by atoms with Crippen molar-refractivity contribution in [1.29, 1.82) is 0 Å². The van der Waals surface area contributed by atoms with Crippen LogP contribution in [0.5, 0.6) is 0 Å². The number of unbranched alkanes of at least 4 members (excludes halogenated alkanes) is 3. The molecule has 3 heterocycles. The minimum atomic E-state index is -1.16. The fraction of sp³-hybridized carbons (Fsp3) is 0.439. The van der Waals surface area contributed by atoms with Gasteiger partial charge >= 0.3 is 0 Å². The predicted molar refractivity (Wildman–Crippen MR) is 193 cm³/mol. The van der Waals surface area contributed by atoms with Crippen LogP contribution in [0.1, 0.15) is 51.5 Å². The van der Waals surface area contributed by atoms with Crippen molar-refractivity contribution in [3.63, 3.8) is 0 Å². The number of hydrogen-bond acceptors (Lipinski definition) is 5. The molecule has 0 aromatic heterocycles. The number of amides is 3. The molecule has 3 aliphatic heterocycles. The van der Waals surface area contributed by atoms with Gasteiger partial charge in [-0.2, -0.15) is 0 Å². The van der Waals surface area contributed by atoms with Crippen LogP contribution in [0.25, 0.3) is 10.8 Å². The lowest BCUT2D eigenvalue weighted by Crippen LogP contribution is -2.57. The van der Waals surface area contributed by atoms with Crippen molar-refractivity contribution >= 4 is 34.2 Å². The smallest absolute Gasteiger partial charge is 0.253 e. The molecule has 0 saturated carbocycles. The van der Waals surface area contributed by atoms with Crippen molar-refractivity contribution in [2.24, 2.45) is 17.8 Å². The number of carbonyl (C=O) groups is 3. The molecular weight excluding hydrogens is 614 g/mol. The second kappa shape index (κ2) is 14.3. The van der Waals surface area contributed by atoms with Crippen LogP contribution in [0.4, 0.5) is 5.69 Å². The SMILES string of the molecule is C=CCN(Cc1ccccc1)C(=O)[C@@H]1[C@H]2C(=O)N(CCCCCCO)C(C(=O)N(CC=C)c3ccc4ccccc4c3)C23CC(C)[C@@]1(C)O3. The maximum atomic E-state index is 15.1. The Morgan fingerprint density at radius 1 is 0.939 bits per heavy atom. The maximum absolute atomic E-state index is 15.1. The number of rotatable bonds is 15. The van der Waals surface area contributed by atoms with Gasteiger partial charge in [0.15, 0.2) is 0 Å². The van der Waals surface area contributed by atoms with E-state index in [-0.39, 0.29) is 36.8 Å². The molecule has 3 aromatic carbocycles. The number of benzene rings is 3. The topological polar surface area (TPSA) is 90.4 Å². The Hall–Kier alpha value is -4.27. The summed E-state index contributed by atoms with van der Waals surface area (Å²) in [5.74, 6) is -2.18. The molecule has 6 rings (SSSR count). The number of aliphatic hydroxyl groups is 1. The molecule has 3 fully saturated rings. The van der Waals surface area contributed by atoms with Crippen molar-refractivity contribution in [2.45, 2.75) is 69.7 Å². The van der Waals surface area contributed by atoms with Gasteiger partial charge in [-0.3, -0.25) is 14.4 Å². The standard InChI is InChI=1S/C41H49N3O5/c1-5-22-42(28-30-16-10-9-11-17-30)37(46)34-35-38(47)44(24-14-7-8-15-25-45)36(41(35)27-29(3)40(34,4)49-41)39(48)43(23-6-2)33-21-20-31-18-12-13-19-32(31)26-33/h5-6,9-13,16-21,26,29,34-36,45H,1-2,7-8,14-15,22-25,27-28H2,3-4H3/t29?,34-,35-,36?,40+,41?/m0/s1. The van der Waals surface area contributed by atoms with Crippen molar-refractivity contribution < 1.29 is 24.2 Å². The lowest BCUT2D eigenvalue weighted by atomic mass is 9.62. The highest BCUT2D eigenvalue weighted by Crippen LogP contribution is 2.65. The van der Waals surface area contributed by atoms with E-state index in [9.17, 15) is 14.7 Å². The van der Waals surface area contributed by atoms with Crippen molar-refractivity contribution in [3.05, 3.63) is 104 Å². The minimum absolute atomic E-state index is 0.0684. The Labute approximate surface area is 290 Å². The molecule has 0 aliphatic carbocycles. The quantitative estimate of drug-likeness (QED) is 0.156. The first-order valence-corrected chi connectivity index (χ1v) is 17.7. The fourth-order valence-corrected chi connectivity index (χ4v) is 8.71. The van der Waals surface area contributed by atoms with E-state index < -0.39 is 29.1 Å². The summed E-state index contributed by atoms with van der Waals surface area (Å²) in [5.41, 5.74) is -0.374. The molecule has 49 heavy (non-hydrogen) atoms. The number of carbonyl (C=O) groups excluding carboxylic acids is 3. The number of hydrogen-bond donors (Lipinski definition) is 1. The van der Waals surface area contributed by atoms with Crippen LogP contribution in [0.2, 0.25) is 0 Å². The van der Waals surface area contributed by atoms with E-state index in [1.807, 2.05) is 79.7 Å². The molecule has 2 bridgehead atoms. The molecule has 6 atom stereocenters. The molecule has 3 aliphatic rings. The Balaban J connectivity index is 1.40. The molecule has 3 aromatic rings. The van der Waals surface area contributed by atoms with Crippen LogP contribution in [-0.4, -0.2) is 76.1 Å². The summed E-state index contributed by atoms with van der Waals surface area (Å²) in [6.45, 7) is 13.4. The lowest BCUT2D eigenvalue weighted by Gasteiger charge is -2.39. The lowest BCUT2D eigenvalue weighted by molar-refractivity contribution is -0.151. The van der Waals surface area contributed by atoms with Crippen LogP contribution in [0, 0.1) is 17.8 Å². The molecule has 8 nitrogen and oxygen atoms in total. The Kier molecular flexibility index (Phi) is 10.1. The second-order valence-electron chi connectivity index (χ2n) is 14.1. The molecule has 0 radical (unpaired) electrons. The van der Waals surface area contributed by atoms with E-state index in [0.29, 0.717) is 38.9 Å². The summed E-state index contributed by atoms with van der Waals surface area (Å²) in [6, 6.07) is 22.9. The maximum Gasteiger partial charge on any atom is 0.253 e.